The molecule has 0 spiro atoms. The number of aryl methyl sites for hydroxylation is 1. The lowest BCUT2D eigenvalue weighted by Gasteiger charge is -2.26. The second-order valence-corrected chi connectivity index (χ2v) is 4.74. The van der Waals surface area contributed by atoms with E-state index >= 15 is 0 Å². The third kappa shape index (κ3) is 2.69. The monoisotopic (exact) mass is 219 g/mol. The van der Waals surface area contributed by atoms with Crippen molar-refractivity contribution in [2.45, 2.75) is 47.0 Å². The summed E-state index contributed by atoms with van der Waals surface area (Å²) < 4.78 is 0. The number of carbonyl (C=O) groups is 1. The van der Waals surface area contributed by atoms with Gasteiger partial charge in [0.25, 0.3) is 0 Å². The first-order chi connectivity index (χ1) is 7.53. The maximum Gasteiger partial charge on any atom is 0.170 e. The first-order valence-electron chi connectivity index (χ1n) is 6.00. The standard InChI is InChI=1S/C14H21NO/c1-5-7-14(4,6-2)13(16)12-8-11(3)9-15-10-12/h8-10H,5-7H2,1-4H3. The summed E-state index contributed by atoms with van der Waals surface area (Å²) in [4.78, 5) is 16.5. The molecule has 0 aliphatic heterocycles. The highest BCUT2D eigenvalue weighted by Crippen LogP contribution is 2.31. The van der Waals surface area contributed by atoms with Gasteiger partial charge in [0.15, 0.2) is 5.78 Å². The van der Waals surface area contributed by atoms with Crippen LogP contribution >= 0.6 is 0 Å². The zero-order valence-corrected chi connectivity index (χ0v) is 10.7. The summed E-state index contributed by atoms with van der Waals surface area (Å²) >= 11 is 0. The number of ketones is 1. The van der Waals surface area contributed by atoms with Gasteiger partial charge in [0, 0.05) is 23.4 Å². The number of aromatic nitrogens is 1. The molecular formula is C14H21NO. The minimum absolute atomic E-state index is 0.230. The van der Waals surface area contributed by atoms with Gasteiger partial charge in [-0.2, -0.15) is 0 Å². The van der Waals surface area contributed by atoms with Gasteiger partial charge in [-0.3, -0.25) is 9.78 Å². The van der Waals surface area contributed by atoms with E-state index < -0.39 is 0 Å². The molecule has 1 aromatic rings. The van der Waals surface area contributed by atoms with Crippen LogP contribution in [0.2, 0.25) is 0 Å². The highest BCUT2D eigenvalue weighted by molar-refractivity contribution is 6.00. The van der Waals surface area contributed by atoms with Crippen LogP contribution < -0.4 is 0 Å². The number of hydrogen-bond acceptors (Lipinski definition) is 2. The molecular weight excluding hydrogens is 198 g/mol. The van der Waals surface area contributed by atoms with Crippen molar-refractivity contribution in [3.63, 3.8) is 0 Å². The van der Waals surface area contributed by atoms with Crippen molar-refractivity contribution < 1.29 is 4.79 Å². The summed E-state index contributed by atoms with van der Waals surface area (Å²) in [5.41, 5.74) is 1.56. The van der Waals surface area contributed by atoms with Crippen molar-refractivity contribution in [1.82, 2.24) is 4.98 Å². The molecule has 0 saturated carbocycles. The van der Waals surface area contributed by atoms with Gasteiger partial charge in [-0.25, -0.2) is 0 Å². The molecule has 0 saturated heterocycles. The lowest BCUT2D eigenvalue weighted by Crippen LogP contribution is -2.27. The molecule has 0 amide bonds. The topological polar surface area (TPSA) is 30.0 Å². The first kappa shape index (κ1) is 12.9. The molecule has 1 heterocycles. The van der Waals surface area contributed by atoms with Crippen molar-refractivity contribution in [3.8, 4) is 0 Å². The van der Waals surface area contributed by atoms with Crippen LogP contribution in [-0.2, 0) is 0 Å². The van der Waals surface area contributed by atoms with E-state index in [2.05, 4.69) is 25.8 Å². The van der Waals surface area contributed by atoms with Crippen LogP contribution in [0.25, 0.3) is 0 Å². The lowest BCUT2D eigenvalue weighted by molar-refractivity contribution is 0.0793. The Morgan fingerprint density at radius 2 is 2.06 bits per heavy atom. The summed E-state index contributed by atoms with van der Waals surface area (Å²) in [7, 11) is 0. The molecule has 16 heavy (non-hydrogen) atoms. The van der Waals surface area contributed by atoms with Crippen LogP contribution in [0.1, 0.15) is 56.0 Å². The van der Waals surface area contributed by atoms with Gasteiger partial charge in [-0.05, 0) is 31.4 Å². The van der Waals surface area contributed by atoms with E-state index in [0.717, 1.165) is 30.4 Å². The average Bonchev–Trinajstić information content (AvgIpc) is 2.28. The Labute approximate surface area is 98.1 Å². The maximum atomic E-state index is 12.4. The fourth-order valence-corrected chi connectivity index (χ4v) is 2.03. The van der Waals surface area contributed by atoms with Gasteiger partial charge in [-0.1, -0.05) is 27.2 Å². The summed E-state index contributed by atoms with van der Waals surface area (Å²) in [6.45, 7) is 8.22. The summed E-state index contributed by atoms with van der Waals surface area (Å²) in [6.07, 6.45) is 6.32. The molecule has 0 aromatic carbocycles. The third-order valence-electron chi connectivity index (χ3n) is 3.27. The van der Waals surface area contributed by atoms with Crippen molar-refractivity contribution in [2.24, 2.45) is 5.41 Å². The molecule has 0 aliphatic rings. The predicted molar refractivity (Wildman–Crippen MR) is 66.6 cm³/mol. The highest BCUT2D eigenvalue weighted by Gasteiger charge is 2.31. The fourth-order valence-electron chi connectivity index (χ4n) is 2.03. The van der Waals surface area contributed by atoms with Crippen molar-refractivity contribution >= 4 is 5.78 Å². The molecule has 1 atom stereocenters. The molecule has 0 fully saturated rings. The van der Waals surface area contributed by atoms with Crippen molar-refractivity contribution in [2.75, 3.05) is 0 Å². The van der Waals surface area contributed by atoms with Crippen LogP contribution in [0.5, 0.6) is 0 Å². The predicted octanol–water partition coefficient (Wildman–Crippen LogP) is 3.79. The van der Waals surface area contributed by atoms with E-state index in [1.165, 1.54) is 0 Å². The van der Waals surface area contributed by atoms with Gasteiger partial charge in [0.05, 0.1) is 0 Å². The Morgan fingerprint density at radius 3 is 2.56 bits per heavy atom. The molecule has 2 nitrogen and oxygen atoms in total. The summed E-state index contributed by atoms with van der Waals surface area (Å²) in [5, 5.41) is 0. The van der Waals surface area contributed by atoms with Crippen LogP contribution in [0.15, 0.2) is 18.5 Å². The third-order valence-corrected chi connectivity index (χ3v) is 3.27. The van der Waals surface area contributed by atoms with Gasteiger partial charge in [0.2, 0.25) is 0 Å². The number of carbonyl (C=O) groups excluding carboxylic acids is 1. The van der Waals surface area contributed by atoms with E-state index in [1.807, 2.05) is 13.0 Å². The minimum atomic E-state index is -0.232. The van der Waals surface area contributed by atoms with Crippen LogP contribution in [0, 0.1) is 12.3 Å². The molecule has 2 heteroatoms. The smallest absolute Gasteiger partial charge is 0.170 e. The zero-order valence-electron chi connectivity index (χ0n) is 10.7. The lowest BCUT2D eigenvalue weighted by atomic mass is 9.76. The van der Waals surface area contributed by atoms with E-state index in [1.54, 1.807) is 12.4 Å². The SMILES string of the molecule is CCCC(C)(CC)C(=O)c1cncc(C)c1. The quantitative estimate of drug-likeness (QED) is 0.705. The zero-order chi connectivity index (χ0) is 12.2. The number of Topliss-reactive ketones (excluding diaryl/α,β-unsaturated/α-hetero) is 1. The second-order valence-electron chi connectivity index (χ2n) is 4.74. The van der Waals surface area contributed by atoms with E-state index in [9.17, 15) is 4.79 Å². The van der Waals surface area contributed by atoms with Gasteiger partial charge in [-0.15, -0.1) is 0 Å². The molecule has 0 aliphatic carbocycles. The Kier molecular flexibility index (Phi) is 4.22. The average molecular weight is 219 g/mol. The number of pyridine rings is 1. The Balaban J connectivity index is 3.00. The van der Waals surface area contributed by atoms with Crippen LogP contribution in [0.4, 0.5) is 0 Å². The summed E-state index contributed by atoms with van der Waals surface area (Å²) in [5.74, 6) is 0.230. The van der Waals surface area contributed by atoms with E-state index in [0.29, 0.717) is 0 Å². The minimum Gasteiger partial charge on any atom is -0.294 e. The normalized spacial score (nSPS) is 14.5. The van der Waals surface area contributed by atoms with Gasteiger partial charge >= 0.3 is 0 Å². The van der Waals surface area contributed by atoms with E-state index in [4.69, 9.17) is 0 Å². The fraction of sp³-hybridized carbons (Fsp3) is 0.571. The molecule has 0 N–H and O–H groups in total. The Bertz CT molecular complexity index is 373. The van der Waals surface area contributed by atoms with Crippen LogP contribution in [-0.4, -0.2) is 10.8 Å². The Hall–Kier alpha value is -1.18. The maximum absolute atomic E-state index is 12.4. The van der Waals surface area contributed by atoms with Crippen molar-refractivity contribution in [1.29, 1.82) is 0 Å². The van der Waals surface area contributed by atoms with Gasteiger partial charge in [0.1, 0.15) is 0 Å². The number of nitrogens with zero attached hydrogens (tertiary/aromatic N) is 1. The van der Waals surface area contributed by atoms with Crippen LogP contribution in [0.3, 0.4) is 0 Å². The molecule has 1 rings (SSSR count). The molecule has 0 bridgehead atoms. The first-order valence-corrected chi connectivity index (χ1v) is 6.00. The van der Waals surface area contributed by atoms with Gasteiger partial charge < -0.3 is 0 Å². The largest absolute Gasteiger partial charge is 0.294 e. The van der Waals surface area contributed by atoms with Crippen molar-refractivity contribution in [3.05, 3.63) is 29.6 Å². The number of hydrogen-bond donors (Lipinski definition) is 0. The molecule has 0 radical (unpaired) electrons. The van der Waals surface area contributed by atoms with E-state index in [-0.39, 0.29) is 11.2 Å². The highest BCUT2D eigenvalue weighted by atomic mass is 16.1. The number of rotatable bonds is 5. The molecule has 1 aromatic heterocycles. The second kappa shape index (κ2) is 5.24. The molecule has 88 valence electrons. The molecule has 1 unspecified atom stereocenters. The summed E-state index contributed by atoms with van der Waals surface area (Å²) in [6, 6.07) is 1.93. The Morgan fingerprint density at radius 1 is 1.38 bits per heavy atom.